The van der Waals surface area contributed by atoms with Crippen LogP contribution in [-0.2, 0) is 0 Å². The van der Waals surface area contributed by atoms with Crippen molar-refractivity contribution >= 4 is 75.7 Å². The second-order valence-electron chi connectivity index (χ2n) is 10.2. The highest BCUT2D eigenvalue weighted by molar-refractivity contribution is 6.28. The summed E-state index contributed by atoms with van der Waals surface area (Å²) >= 11 is 0. The van der Waals surface area contributed by atoms with Gasteiger partial charge in [0.15, 0.2) is 0 Å². The molecule has 0 N–H and O–H groups in total. The van der Waals surface area contributed by atoms with Crippen molar-refractivity contribution in [3.05, 3.63) is 121 Å². The molecule has 0 radical (unpaired) electrons. The molecule has 0 spiro atoms. The van der Waals surface area contributed by atoms with Gasteiger partial charge in [0.1, 0.15) is 0 Å². The van der Waals surface area contributed by atoms with Crippen molar-refractivity contribution in [1.82, 2.24) is 9.97 Å². The lowest BCUT2D eigenvalue weighted by atomic mass is 9.89. The van der Waals surface area contributed by atoms with E-state index >= 15 is 0 Å². The summed E-state index contributed by atoms with van der Waals surface area (Å²) < 4.78 is 0. The first-order valence-corrected chi connectivity index (χ1v) is 13.0. The van der Waals surface area contributed by atoms with Gasteiger partial charge in [0, 0.05) is 33.3 Å². The van der Waals surface area contributed by atoms with E-state index in [4.69, 9.17) is 9.97 Å². The SMILES string of the molecule is c1ccc2c(c1)cnc1c2ccc2c3ccccc3c(-c3cc4cccc5ccc6cccc3c6c54)nc21. The molecule has 0 unspecified atom stereocenters. The molecule has 0 bridgehead atoms. The number of nitrogens with zero attached hydrogens (tertiary/aromatic N) is 2. The van der Waals surface area contributed by atoms with E-state index in [1.54, 1.807) is 0 Å². The minimum Gasteiger partial charge on any atom is -0.253 e. The Hall–Kier alpha value is -5.08. The average Bonchev–Trinajstić information content (AvgIpc) is 2.99. The lowest BCUT2D eigenvalue weighted by molar-refractivity contribution is 1.40. The fourth-order valence-corrected chi connectivity index (χ4v) is 6.51. The summed E-state index contributed by atoms with van der Waals surface area (Å²) in [4.78, 5) is 10.4. The first kappa shape index (κ1) is 20.0. The number of hydrogen-bond acceptors (Lipinski definition) is 2. The Bertz CT molecular complexity index is 2400. The lowest BCUT2D eigenvalue weighted by Gasteiger charge is -2.17. The Morgan fingerprint density at radius 2 is 1.03 bits per heavy atom. The summed E-state index contributed by atoms with van der Waals surface area (Å²) in [6, 6.07) is 41.6. The molecule has 2 heterocycles. The monoisotopic (exact) mass is 480 g/mol. The van der Waals surface area contributed by atoms with Crippen LogP contribution in [0, 0.1) is 0 Å². The second-order valence-corrected chi connectivity index (χ2v) is 10.2. The van der Waals surface area contributed by atoms with Crippen LogP contribution >= 0.6 is 0 Å². The van der Waals surface area contributed by atoms with Gasteiger partial charge in [-0.25, -0.2) is 4.98 Å². The molecular formula is C36H20N2. The van der Waals surface area contributed by atoms with Crippen molar-refractivity contribution in [2.75, 3.05) is 0 Å². The standard InChI is InChI=1S/C36H20N2/c1-2-11-25-24(7-1)20-37-35-29(25)17-18-30-26-12-3-4-13-28(26)34(38-36(30)35)31-19-23-10-5-8-21-15-16-22-9-6-14-27(31)33(22)32(21)23/h1-20H. The summed E-state index contributed by atoms with van der Waals surface area (Å²) in [5.41, 5.74) is 4.07. The zero-order chi connectivity index (χ0) is 24.8. The van der Waals surface area contributed by atoms with Crippen molar-refractivity contribution in [2.45, 2.75) is 0 Å². The molecule has 2 nitrogen and oxygen atoms in total. The second kappa shape index (κ2) is 7.24. The number of rotatable bonds is 1. The number of aromatic nitrogens is 2. The largest absolute Gasteiger partial charge is 0.253 e. The summed E-state index contributed by atoms with van der Waals surface area (Å²) in [6.45, 7) is 0. The van der Waals surface area contributed by atoms with Crippen molar-refractivity contribution in [1.29, 1.82) is 0 Å². The molecule has 174 valence electrons. The Kier molecular flexibility index (Phi) is 3.82. The minimum absolute atomic E-state index is 0.949. The third-order valence-electron chi connectivity index (χ3n) is 8.19. The van der Waals surface area contributed by atoms with Gasteiger partial charge in [-0.1, -0.05) is 109 Å². The van der Waals surface area contributed by atoms with Crippen LogP contribution < -0.4 is 0 Å². The molecule has 2 aromatic heterocycles. The van der Waals surface area contributed by atoms with Crippen LogP contribution in [-0.4, -0.2) is 9.97 Å². The highest BCUT2D eigenvalue weighted by Crippen LogP contribution is 2.43. The Labute approximate surface area is 218 Å². The molecule has 0 atom stereocenters. The highest BCUT2D eigenvalue weighted by Gasteiger charge is 2.18. The molecule has 0 saturated heterocycles. The zero-order valence-corrected chi connectivity index (χ0v) is 20.4. The van der Waals surface area contributed by atoms with Gasteiger partial charge in [-0.3, -0.25) is 4.98 Å². The predicted molar refractivity (Wildman–Crippen MR) is 161 cm³/mol. The summed E-state index contributed by atoms with van der Waals surface area (Å²) in [6.07, 6.45) is 1.98. The van der Waals surface area contributed by atoms with E-state index in [0.29, 0.717) is 0 Å². The maximum atomic E-state index is 5.46. The van der Waals surface area contributed by atoms with Gasteiger partial charge >= 0.3 is 0 Å². The van der Waals surface area contributed by atoms with Crippen molar-refractivity contribution < 1.29 is 0 Å². The van der Waals surface area contributed by atoms with Crippen molar-refractivity contribution in [3.8, 4) is 11.3 Å². The van der Waals surface area contributed by atoms with Crippen LogP contribution in [0.25, 0.3) is 86.9 Å². The molecule has 0 saturated carbocycles. The van der Waals surface area contributed by atoms with E-state index in [9.17, 15) is 0 Å². The fraction of sp³-hybridized carbons (Fsp3) is 0. The molecule has 0 fully saturated rings. The summed E-state index contributed by atoms with van der Waals surface area (Å²) in [5, 5.41) is 14.6. The normalized spacial score (nSPS) is 12.2. The third kappa shape index (κ3) is 2.56. The summed E-state index contributed by atoms with van der Waals surface area (Å²) in [5.74, 6) is 0. The highest BCUT2D eigenvalue weighted by atomic mass is 14.8. The number of pyridine rings is 2. The molecule has 0 aliphatic heterocycles. The van der Waals surface area contributed by atoms with Gasteiger partial charge in [0.05, 0.1) is 16.7 Å². The molecule has 9 aromatic rings. The summed E-state index contributed by atoms with van der Waals surface area (Å²) in [7, 11) is 0. The molecule has 0 aliphatic carbocycles. The first-order valence-electron chi connectivity index (χ1n) is 13.0. The molecule has 38 heavy (non-hydrogen) atoms. The molecule has 2 heteroatoms. The Morgan fingerprint density at radius 3 is 1.89 bits per heavy atom. The third-order valence-corrected chi connectivity index (χ3v) is 8.19. The van der Waals surface area contributed by atoms with E-state index < -0.39 is 0 Å². The van der Waals surface area contributed by atoms with Gasteiger partial charge in [-0.15, -0.1) is 0 Å². The van der Waals surface area contributed by atoms with Crippen LogP contribution in [0.1, 0.15) is 0 Å². The lowest BCUT2D eigenvalue weighted by Crippen LogP contribution is -1.94. The van der Waals surface area contributed by atoms with E-state index in [1.165, 1.54) is 43.1 Å². The van der Waals surface area contributed by atoms with Crippen LogP contribution in [0.4, 0.5) is 0 Å². The van der Waals surface area contributed by atoms with E-state index in [2.05, 4.69) is 115 Å². The van der Waals surface area contributed by atoms with Crippen molar-refractivity contribution in [2.24, 2.45) is 0 Å². The quantitative estimate of drug-likeness (QED) is 0.219. The fourth-order valence-electron chi connectivity index (χ4n) is 6.51. The van der Waals surface area contributed by atoms with Crippen LogP contribution in [0.15, 0.2) is 121 Å². The minimum atomic E-state index is 0.949. The number of hydrogen-bond donors (Lipinski definition) is 0. The molecule has 9 rings (SSSR count). The number of benzene rings is 7. The van der Waals surface area contributed by atoms with Gasteiger partial charge in [-0.2, -0.15) is 0 Å². The van der Waals surface area contributed by atoms with Crippen LogP contribution in [0.5, 0.6) is 0 Å². The smallest absolute Gasteiger partial charge is 0.0978 e. The molecular weight excluding hydrogens is 460 g/mol. The van der Waals surface area contributed by atoms with E-state index in [-0.39, 0.29) is 0 Å². The maximum absolute atomic E-state index is 5.46. The molecule has 0 aliphatic rings. The van der Waals surface area contributed by atoms with E-state index in [0.717, 1.165) is 43.8 Å². The van der Waals surface area contributed by atoms with Gasteiger partial charge < -0.3 is 0 Å². The zero-order valence-electron chi connectivity index (χ0n) is 20.4. The first-order chi connectivity index (χ1) is 18.8. The van der Waals surface area contributed by atoms with Crippen LogP contribution in [0.3, 0.4) is 0 Å². The van der Waals surface area contributed by atoms with Gasteiger partial charge in [-0.05, 0) is 49.2 Å². The predicted octanol–water partition coefficient (Wildman–Crippen LogP) is 9.65. The maximum Gasteiger partial charge on any atom is 0.0978 e. The van der Waals surface area contributed by atoms with Crippen LogP contribution in [0.2, 0.25) is 0 Å². The molecule has 7 aromatic carbocycles. The van der Waals surface area contributed by atoms with E-state index in [1.807, 2.05) is 6.20 Å². The topological polar surface area (TPSA) is 25.8 Å². The average molecular weight is 481 g/mol. The Balaban J connectivity index is 1.50. The number of fused-ring (bicyclic) bond motifs is 7. The molecule has 0 amide bonds. The van der Waals surface area contributed by atoms with Gasteiger partial charge in [0.25, 0.3) is 0 Å². The Morgan fingerprint density at radius 1 is 0.395 bits per heavy atom. The van der Waals surface area contributed by atoms with Gasteiger partial charge in [0.2, 0.25) is 0 Å². The van der Waals surface area contributed by atoms with Crippen molar-refractivity contribution in [3.63, 3.8) is 0 Å².